The third-order valence-corrected chi connectivity index (χ3v) is 2.55. The van der Waals surface area contributed by atoms with E-state index in [4.69, 9.17) is 10.8 Å². The second kappa shape index (κ2) is 4.78. The molecular formula is C7H9N3O4S. The molecule has 82 valence electrons. The van der Waals surface area contributed by atoms with Crippen LogP contribution in [0, 0.1) is 0 Å². The molecule has 8 heteroatoms. The average molecular weight is 231 g/mol. The van der Waals surface area contributed by atoms with Crippen molar-refractivity contribution in [3.8, 4) is 0 Å². The molecule has 1 aliphatic rings. The van der Waals surface area contributed by atoms with Crippen molar-refractivity contribution in [2.45, 2.75) is 11.7 Å². The highest BCUT2D eigenvalue weighted by Crippen LogP contribution is 2.22. The highest BCUT2D eigenvalue weighted by molar-refractivity contribution is 8.15. The van der Waals surface area contributed by atoms with E-state index in [9.17, 15) is 14.4 Å². The third kappa shape index (κ3) is 3.58. The second-order valence-electron chi connectivity index (χ2n) is 2.77. The number of nitrogens with two attached hydrogens (primary N) is 1. The normalized spacial score (nSPS) is 19.9. The molecule has 0 aromatic heterocycles. The number of nitrogens with zero attached hydrogens (tertiary/aromatic N) is 1. The number of carbonyl (C=O) groups excluding carboxylic acids is 2. The fraction of sp³-hybridized carbons (Fsp3) is 0.429. The van der Waals surface area contributed by atoms with Gasteiger partial charge in [0.1, 0.15) is 11.8 Å². The molecule has 7 nitrogen and oxygen atoms in total. The van der Waals surface area contributed by atoms with Gasteiger partial charge in [0, 0.05) is 6.42 Å². The van der Waals surface area contributed by atoms with E-state index < -0.39 is 29.6 Å². The highest BCUT2D eigenvalue weighted by atomic mass is 32.2. The van der Waals surface area contributed by atoms with Crippen molar-refractivity contribution in [2.24, 2.45) is 10.7 Å². The quantitative estimate of drug-likeness (QED) is 0.543. The zero-order valence-corrected chi connectivity index (χ0v) is 8.41. The molecule has 4 N–H and O–H groups in total. The van der Waals surface area contributed by atoms with Gasteiger partial charge in [0.05, 0.1) is 0 Å². The Labute approximate surface area is 89.1 Å². The Bertz CT molecular complexity index is 341. The van der Waals surface area contributed by atoms with Gasteiger partial charge in [-0.25, -0.2) is 0 Å². The standard InChI is InChI=1S/C7H9N3O4S/c8-7-10-6(14)3(15-7)1-4(11)9-2-5(12)13/h3H,1-2H2,(H,9,11)(H,12,13)(H2,8,10,14)/t3-/m0/s1. The van der Waals surface area contributed by atoms with E-state index in [0.717, 1.165) is 11.8 Å². The lowest BCUT2D eigenvalue weighted by Crippen LogP contribution is -2.32. The van der Waals surface area contributed by atoms with Gasteiger partial charge in [0.15, 0.2) is 5.17 Å². The molecule has 0 saturated carbocycles. The molecule has 0 fully saturated rings. The van der Waals surface area contributed by atoms with Gasteiger partial charge in [-0.15, -0.1) is 0 Å². The van der Waals surface area contributed by atoms with Crippen LogP contribution in [0.3, 0.4) is 0 Å². The second-order valence-corrected chi connectivity index (χ2v) is 3.99. The summed E-state index contributed by atoms with van der Waals surface area (Å²) in [6, 6.07) is 0. The Hall–Kier alpha value is -1.57. The van der Waals surface area contributed by atoms with Crippen LogP contribution in [-0.4, -0.2) is 39.9 Å². The van der Waals surface area contributed by atoms with E-state index in [0.29, 0.717) is 0 Å². The summed E-state index contributed by atoms with van der Waals surface area (Å²) in [7, 11) is 0. The van der Waals surface area contributed by atoms with Crippen LogP contribution < -0.4 is 11.1 Å². The Balaban J connectivity index is 2.34. The van der Waals surface area contributed by atoms with Gasteiger partial charge in [-0.2, -0.15) is 4.99 Å². The molecule has 1 heterocycles. The first kappa shape index (κ1) is 11.5. The van der Waals surface area contributed by atoms with Crippen molar-refractivity contribution < 1.29 is 19.5 Å². The van der Waals surface area contributed by atoms with Crippen molar-refractivity contribution in [2.75, 3.05) is 6.54 Å². The number of hydrogen-bond donors (Lipinski definition) is 3. The zero-order chi connectivity index (χ0) is 11.4. The fourth-order valence-corrected chi connectivity index (χ4v) is 1.77. The number of amidine groups is 1. The van der Waals surface area contributed by atoms with E-state index in [1.165, 1.54) is 0 Å². The van der Waals surface area contributed by atoms with Crippen molar-refractivity contribution in [3.63, 3.8) is 0 Å². The molecule has 0 unspecified atom stereocenters. The zero-order valence-electron chi connectivity index (χ0n) is 7.60. The van der Waals surface area contributed by atoms with Crippen LogP contribution in [0.4, 0.5) is 0 Å². The number of nitrogens with one attached hydrogen (secondary N) is 1. The van der Waals surface area contributed by atoms with E-state index in [-0.39, 0.29) is 11.6 Å². The lowest BCUT2D eigenvalue weighted by molar-refractivity contribution is -0.137. The van der Waals surface area contributed by atoms with Crippen LogP contribution in [0.1, 0.15) is 6.42 Å². The largest absolute Gasteiger partial charge is 0.480 e. The molecule has 1 atom stereocenters. The smallest absolute Gasteiger partial charge is 0.322 e. The molecule has 0 radical (unpaired) electrons. The summed E-state index contributed by atoms with van der Waals surface area (Å²) in [5.41, 5.74) is 5.28. The first-order chi connectivity index (χ1) is 6.99. The van der Waals surface area contributed by atoms with Gasteiger partial charge in [-0.05, 0) is 0 Å². The van der Waals surface area contributed by atoms with Gasteiger partial charge < -0.3 is 16.2 Å². The first-order valence-electron chi connectivity index (χ1n) is 4.02. The van der Waals surface area contributed by atoms with Crippen molar-refractivity contribution in [3.05, 3.63) is 0 Å². The maximum Gasteiger partial charge on any atom is 0.322 e. The SMILES string of the molecule is NC1=NC(=O)[C@H](CC(=O)NCC(=O)O)S1. The summed E-state index contributed by atoms with van der Waals surface area (Å²) < 4.78 is 0. The number of carbonyl (C=O) groups is 3. The van der Waals surface area contributed by atoms with E-state index in [1.807, 2.05) is 0 Å². The predicted molar refractivity (Wildman–Crippen MR) is 53.3 cm³/mol. The van der Waals surface area contributed by atoms with Crippen LogP contribution >= 0.6 is 11.8 Å². The van der Waals surface area contributed by atoms with Crippen molar-refractivity contribution in [1.29, 1.82) is 0 Å². The number of amides is 2. The lowest BCUT2D eigenvalue weighted by atomic mass is 10.3. The monoisotopic (exact) mass is 231 g/mol. The summed E-state index contributed by atoms with van der Waals surface area (Å²) >= 11 is 1.01. The Kier molecular flexibility index (Phi) is 3.67. The van der Waals surface area contributed by atoms with Gasteiger partial charge in [-0.1, -0.05) is 11.8 Å². The van der Waals surface area contributed by atoms with Crippen LogP contribution in [0.25, 0.3) is 0 Å². The van der Waals surface area contributed by atoms with E-state index in [1.54, 1.807) is 0 Å². The summed E-state index contributed by atoms with van der Waals surface area (Å²) in [5.74, 6) is -2.10. The highest BCUT2D eigenvalue weighted by Gasteiger charge is 2.29. The number of carboxylic acid groups (broad SMARTS) is 1. The number of rotatable bonds is 4. The van der Waals surface area contributed by atoms with E-state index in [2.05, 4.69) is 10.3 Å². The first-order valence-corrected chi connectivity index (χ1v) is 4.90. The van der Waals surface area contributed by atoms with Gasteiger partial charge >= 0.3 is 5.97 Å². The van der Waals surface area contributed by atoms with Gasteiger partial charge in [-0.3, -0.25) is 14.4 Å². The van der Waals surface area contributed by atoms with Crippen LogP contribution in [-0.2, 0) is 14.4 Å². The number of thioether (sulfide) groups is 1. The molecule has 0 saturated heterocycles. The molecule has 1 aliphatic heterocycles. The molecule has 0 aromatic rings. The minimum absolute atomic E-state index is 0.110. The van der Waals surface area contributed by atoms with Gasteiger partial charge in [0.25, 0.3) is 5.91 Å². The Morgan fingerprint density at radius 2 is 2.27 bits per heavy atom. The van der Waals surface area contributed by atoms with Crippen LogP contribution in [0.2, 0.25) is 0 Å². The maximum atomic E-state index is 11.1. The fourth-order valence-electron chi connectivity index (χ4n) is 0.947. The Morgan fingerprint density at radius 1 is 1.60 bits per heavy atom. The summed E-state index contributed by atoms with van der Waals surface area (Å²) in [4.78, 5) is 35.8. The molecule has 15 heavy (non-hydrogen) atoms. The van der Waals surface area contributed by atoms with Crippen LogP contribution in [0.5, 0.6) is 0 Å². The predicted octanol–water partition coefficient (Wildman–Crippen LogP) is -1.47. The number of carboxylic acids is 1. The molecular weight excluding hydrogens is 222 g/mol. The average Bonchev–Trinajstić information content (AvgIpc) is 2.42. The topological polar surface area (TPSA) is 122 Å². The number of aliphatic imine (C=N–C) groups is 1. The molecule has 0 spiro atoms. The molecule has 1 rings (SSSR count). The Morgan fingerprint density at radius 3 is 2.73 bits per heavy atom. The molecule has 0 aliphatic carbocycles. The summed E-state index contributed by atoms with van der Waals surface area (Å²) in [6.07, 6.45) is -0.110. The van der Waals surface area contributed by atoms with E-state index >= 15 is 0 Å². The summed E-state index contributed by atoms with van der Waals surface area (Å²) in [6.45, 7) is -0.458. The molecule has 0 aromatic carbocycles. The number of hydrogen-bond acceptors (Lipinski definition) is 5. The van der Waals surface area contributed by atoms with Crippen LogP contribution in [0.15, 0.2) is 4.99 Å². The third-order valence-electron chi connectivity index (χ3n) is 1.57. The van der Waals surface area contributed by atoms with Crippen molar-refractivity contribution in [1.82, 2.24) is 5.32 Å². The van der Waals surface area contributed by atoms with Gasteiger partial charge in [0.2, 0.25) is 5.91 Å². The molecule has 0 bridgehead atoms. The van der Waals surface area contributed by atoms with Crippen molar-refractivity contribution >= 4 is 34.7 Å². The molecule has 2 amide bonds. The minimum Gasteiger partial charge on any atom is -0.480 e. The minimum atomic E-state index is -1.13. The lowest BCUT2D eigenvalue weighted by Gasteiger charge is -2.05. The summed E-state index contributed by atoms with van der Waals surface area (Å²) in [5, 5.41) is 9.95. The number of aliphatic carboxylic acids is 1. The maximum absolute atomic E-state index is 11.1.